The highest BCUT2D eigenvalue weighted by atomic mass is 16.6. The van der Waals surface area contributed by atoms with Gasteiger partial charge in [0.05, 0.1) is 14.2 Å². The smallest absolute Gasteiger partial charge is 0.344 e. The second kappa shape index (κ2) is 7.94. The number of esters is 1. The molecule has 0 bridgehead atoms. The number of hydrogen-bond donors (Lipinski definition) is 1. The molecule has 1 saturated heterocycles. The van der Waals surface area contributed by atoms with Crippen LogP contribution in [0, 0.1) is 13.8 Å². The lowest BCUT2D eigenvalue weighted by Gasteiger charge is -2.29. The lowest BCUT2D eigenvalue weighted by molar-refractivity contribution is -0.144. The number of rotatable bonds is 5. The van der Waals surface area contributed by atoms with Crippen LogP contribution in [0.4, 0.5) is 5.69 Å². The average molecular weight is 424 g/mol. The number of nitrogens with zero attached hydrogens (tertiary/aromatic N) is 1. The number of anilines is 1. The van der Waals surface area contributed by atoms with E-state index in [1.807, 2.05) is 32.0 Å². The number of carbonyl (C=O) groups excluding carboxylic acids is 3. The number of cyclic esters (lactones) is 1. The number of hydrogen-bond acceptors (Lipinski definition) is 6. The minimum absolute atomic E-state index is 0.196. The lowest BCUT2D eigenvalue weighted by Crippen LogP contribution is -2.43. The molecular formula is C23H24N2O6. The number of nitrogens with one attached hydrogen (secondary N) is 1. The first-order chi connectivity index (χ1) is 14.8. The van der Waals surface area contributed by atoms with Crippen molar-refractivity contribution in [2.24, 2.45) is 0 Å². The molecule has 0 saturated carbocycles. The van der Waals surface area contributed by atoms with E-state index in [2.05, 4.69) is 5.32 Å². The van der Waals surface area contributed by atoms with Gasteiger partial charge in [-0.15, -0.1) is 0 Å². The first kappa shape index (κ1) is 20.7. The van der Waals surface area contributed by atoms with E-state index in [1.165, 1.54) is 19.1 Å². The van der Waals surface area contributed by atoms with E-state index in [9.17, 15) is 14.4 Å². The van der Waals surface area contributed by atoms with Crippen molar-refractivity contribution < 1.29 is 28.6 Å². The van der Waals surface area contributed by atoms with Crippen molar-refractivity contribution >= 4 is 23.5 Å². The maximum absolute atomic E-state index is 13.1. The number of carbonyl (C=O) groups is 3. The number of likely N-dealkylation sites (tertiary alicyclic amines) is 1. The second-order valence-corrected chi connectivity index (χ2v) is 7.74. The Bertz CT molecular complexity index is 1060. The van der Waals surface area contributed by atoms with E-state index in [0.29, 0.717) is 23.4 Å². The van der Waals surface area contributed by atoms with Crippen LogP contribution in [-0.4, -0.2) is 42.9 Å². The molecule has 1 fully saturated rings. The van der Waals surface area contributed by atoms with Gasteiger partial charge in [0, 0.05) is 17.7 Å². The lowest BCUT2D eigenvalue weighted by atomic mass is 10.0. The van der Waals surface area contributed by atoms with Gasteiger partial charge >= 0.3 is 5.97 Å². The van der Waals surface area contributed by atoms with Crippen molar-refractivity contribution in [3.05, 3.63) is 52.6 Å². The Morgan fingerprint density at radius 1 is 1.10 bits per heavy atom. The minimum atomic E-state index is -0.993. The molecule has 8 heteroatoms. The standard InChI is InChI=1S/C23H24N2O6/c1-12-9-13(2)11-14(10-12)24-21(27)16-6-8-18(26)25(16)22-15-5-7-17(29-3)20(30-4)19(15)23(28)31-22/h5,7,9-11,16,22H,6,8H2,1-4H3,(H,24,27)/t16-,22-/m1/s1. The molecule has 1 N–H and O–H groups in total. The predicted octanol–water partition coefficient (Wildman–Crippen LogP) is 3.12. The van der Waals surface area contributed by atoms with Crippen LogP contribution in [0.5, 0.6) is 11.5 Å². The van der Waals surface area contributed by atoms with Crippen molar-refractivity contribution in [3.63, 3.8) is 0 Å². The number of benzene rings is 2. The monoisotopic (exact) mass is 424 g/mol. The number of ether oxygens (including phenoxy) is 3. The summed E-state index contributed by atoms with van der Waals surface area (Å²) >= 11 is 0. The van der Waals surface area contributed by atoms with Gasteiger partial charge in [0.1, 0.15) is 11.6 Å². The van der Waals surface area contributed by atoms with E-state index < -0.39 is 18.2 Å². The van der Waals surface area contributed by atoms with Gasteiger partial charge in [-0.2, -0.15) is 0 Å². The minimum Gasteiger partial charge on any atom is -0.493 e. The zero-order chi connectivity index (χ0) is 22.3. The first-order valence-electron chi connectivity index (χ1n) is 10.00. The first-order valence-corrected chi connectivity index (χ1v) is 10.00. The number of methoxy groups -OCH3 is 2. The van der Waals surface area contributed by atoms with Crippen LogP contribution in [0.2, 0.25) is 0 Å². The zero-order valence-electron chi connectivity index (χ0n) is 17.9. The van der Waals surface area contributed by atoms with Crippen LogP contribution in [0.1, 0.15) is 46.1 Å². The normalized spacial score (nSPS) is 19.8. The molecule has 162 valence electrons. The van der Waals surface area contributed by atoms with Crippen LogP contribution < -0.4 is 14.8 Å². The third kappa shape index (κ3) is 3.58. The Morgan fingerprint density at radius 3 is 2.45 bits per heavy atom. The Morgan fingerprint density at radius 2 is 1.81 bits per heavy atom. The Hall–Kier alpha value is -3.55. The summed E-state index contributed by atoms with van der Waals surface area (Å²) in [6.45, 7) is 3.90. The molecule has 0 aliphatic carbocycles. The molecule has 2 aromatic carbocycles. The molecule has 0 aromatic heterocycles. The molecule has 2 aromatic rings. The molecule has 8 nitrogen and oxygen atoms in total. The van der Waals surface area contributed by atoms with E-state index in [4.69, 9.17) is 14.2 Å². The van der Waals surface area contributed by atoms with Crippen molar-refractivity contribution in [2.75, 3.05) is 19.5 Å². The number of aryl methyl sites for hydroxylation is 2. The third-order valence-electron chi connectivity index (χ3n) is 5.57. The molecule has 2 aliphatic rings. The van der Waals surface area contributed by atoms with Crippen LogP contribution in [-0.2, 0) is 14.3 Å². The number of fused-ring (bicyclic) bond motifs is 1. The molecule has 0 spiro atoms. The summed E-state index contributed by atoms with van der Waals surface area (Å²) in [4.78, 5) is 39.8. The highest BCUT2D eigenvalue weighted by Gasteiger charge is 2.47. The molecule has 4 rings (SSSR count). The fourth-order valence-electron chi connectivity index (χ4n) is 4.32. The predicted molar refractivity (Wildman–Crippen MR) is 112 cm³/mol. The van der Waals surface area contributed by atoms with Gasteiger partial charge in [0.15, 0.2) is 11.5 Å². The molecule has 2 atom stereocenters. The summed E-state index contributed by atoms with van der Waals surface area (Å²) in [5.74, 6) is -0.558. The van der Waals surface area contributed by atoms with E-state index in [-0.39, 0.29) is 29.5 Å². The molecule has 2 heterocycles. The highest BCUT2D eigenvalue weighted by molar-refractivity contribution is 6.01. The SMILES string of the molecule is COc1ccc2c(c1OC)C(=O)O[C@H]2N1C(=O)CC[C@@H]1C(=O)Nc1cc(C)cc(C)c1. The Labute approximate surface area is 180 Å². The third-order valence-corrected chi connectivity index (χ3v) is 5.57. The maximum atomic E-state index is 13.1. The van der Waals surface area contributed by atoms with Crippen molar-refractivity contribution in [2.45, 2.75) is 39.0 Å². The van der Waals surface area contributed by atoms with E-state index in [0.717, 1.165) is 11.1 Å². The molecule has 0 radical (unpaired) electrons. The molecular weight excluding hydrogens is 400 g/mol. The summed E-state index contributed by atoms with van der Waals surface area (Å²) in [5.41, 5.74) is 3.39. The van der Waals surface area contributed by atoms with Crippen LogP contribution in [0.3, 0.4) is 0 Å². The van der Waals surface area contributed by atoms with Crippen molar-refractivity contribution in [1.29, 1.82) is 0 Å². The fraction of sp³-hybridized carbons (Fsp3) is 0.348. The van der Waals surface area contributed by atoms with Gasteiger partial charge in [-0.3, -0.25) is 14.5 Å². The average Bonchev–Trinajstić information content (AvgIpc) is 3.26. The zero-order valence-corrected chi connectivity index (χ0v) is 17.9. The molecule has 0 unspecified atom stereocenters. The second-order valence-electron chi connectivity index (χ2n) is 7.74. The highest BCUT2D eigenvalue weighted by Crippen LogP contribution is 2.45. The van der Waals surface area contributed by atoms with Crippen LogP contribution in [0.25, 0.3) is 0 Å². The van der Waals surface area contributed by atoms with Gasteiger partial charge in [-0.05, 0) is 55.7 Å². The van der Waals surface area contributed by atoms with Crippen molar-refractivity contribution in [3.8, 4) is 11.5 Å². The Balaban J connectivity index is 1.65. The summed E-state index contributed by atoms with van der Waals surface area (Å²) in [6, 6.07) is 8.30. The quantitative estimate of drug-likeness (QED) is 0.742. The largest absolute Gasteiger partial charge is 0.493 e. The summed E-state index contributed by atoms with van der Waals surface area (Å²) in [5, 5.41) is 2.90. The number of amides is 2. The van der Waals surface area contributed by atoms with Gasteiger partial charge in [-0.1, -0.05) is 6.07 Å². The van der Waals surface area contributed by atoms with Gasteiger partial charge < -0.3 is 19.5 Å². The van der Waals surface area contributed by atoms with Gasteiger partial charge in [-0.25, -0.2) is 4.79 Å². The van der Waals surface area contributed by atoms with E-state index >= 15 is 0 Å². The van der Waals surface area contributed by atoms with Gasteiger partial charge in [0.25, 0.3) is 0 Å². The molecule has 31 heavy (non-hydrogen) atoms. The van der Waals surface area contributed by atoms with Gasteiger partial charge in [0.2, 0.25) is 18.0 Å². The summed E-state index contributed by atoms with van der Waals surface area (Å²) in [7, 11) is 2.90. The van der Waals surface area contributed by atoms with Crippen LogP contribution >= 0.6 is 0 Å². The summed E-state index contributed by atoms with van der Waals surface area (Å²) in [6.07, 6.45) is -0.458. The van der Waals surface area contributed by atoms with Crippen molar-refractivity contribution in [1.82, 2.24) is 4.90 Å². The fourth-order valence-corrected chi connectivity index (χ4v) is 4.32. The summed E-state index contributed by atoms with van der Waals surface area (Å²) < 4.78 is 16.2. The van der Waals surface area contributed by atoms with Crippen LogP contribution in [0.15, 0.2) is 30.3 Å². The molecule has 2 amide bonds. The molecule has 2 aliphatic heterocycles. The van der Waals surface area contributed by atoms with E-state index in [1.54, 1.807) is 12.1 Å². The Kier molecular flexibility index (Phi) is 5.31. The topological polar surface area (TPSA) is 94.2 Å². The maximum Gasteiger partial charge on any atom is 0.344 e.